The Hall–Kier alpha value is -2.15. The van der Waals surface area contributed by atoms with Crippen molar-refractivity contribution in [3.63, 3.8) is 0 Å². The number of esters is 1. The molecule has 1 aliphatic rings. The number of aromatic amines is 1. The molecule has 1 N–H and O–H groups in total. The van der Waals surface area contributed by atoms with Crippen molar-refractivity contribution in [3.8, 4) is 11.3 Å². The van der Waals surface area contributed by atoms with Crippen molar-refractivity contribution in [1.82, 2.24) is 24.6 Å². The van der Waals surface area contributed by atoms with Crippen LogP contribution in [0.25, 0.3) is 11.3 Å². The van der Waals surface area contributed by atoms with Crippen LogP contribution in [-0.2, 0) is 11.3 Å². The lowest BCUT2D eigenvalue weighted by Crippen LogP contribution is -2.41. The molecule has 25 heavy (non-hydrogen) atoms. The van der Waals surface area contributed by atoms with E-state index < -0.39 is 0 Å². The first-order chi connectivity index (χ1) is 12.1. The van der Waals surface area contributed by atoms with Crippen LogP contribution in [0.1, 0.15) is 44.1 Å². The van der Waals surface area contributed by atoms with Gasteiger partial charge in [-0.05, 0) is 45.7 Å². The van der Waals surface area contributed by atoms with Gasteiger partial charge < -0.3 is 9.30 Å². The standard InChI is InChI=1S/C18H27N5O2/c1-4-25-18(24)17-15(9-20-21-17)16-10-19-12-23(16)11-14(3)22-7-5-13(2)6-8-22/h9-10,12-14H,4-8,11H2,1-3H3,(H,20,21)/t14-/m0/s1. The number of hydrogen-bond donors (Lipinski definition) is 1. The van der Waals surface area contributed by atoms with Crippen LogP contribution in [0.4, 0.5) is 0 Å². The molecular weight excluding hydrogens is 318 g/mol. The zero-order valence-corrected chi connectivity index (χ0v) is 15.2. The van der Waals surface area contributed by atoms with Crippen LogP contribution < -0.4 is 0 Å². The molecule has 0 amide bonds. The maximum atomic E-state index is 12.1. The second-order valence-electron chi connectivity index (χ2n) is 6.88. The zero-order valence-electron chi connectivity index (χ0n) is 15.2. The van der Waals surface area contributed by atoms with Crippen molar-refractivity contribution in [2.24, 2.45) is 5.92 Å². The summed E-state index contributed by atoms with van der Waals surface area (Å²) in [6, 6.07) is 0.415. The number of piperidine rings is 1. The number of imidazole rings is 1. The van der Waals surface area contributed by atoms with Gasteiger partial charge in [-0.15, -0.1) is 0 Å². The number of carbonyl (C=O) groups is 1. The molecule has 7 heteroatoms. The van der Waals surface area contributed by atoms with Gasteiger partial charge in [-0.1, -0.05) is 6.92 Å². The Morgan fingerprint density at radius 1 is 1.40 bits per heavy atom. The van der Waals surface area contributed by atoms with E-state index >= 15 is 0 Å². The van der Waals surface area contributed by atoms with Gasteiger partial charge in [0.2, 0.25) is 0 Å². The summed E-state index contributed by atoms with van der Waals surface area (Å²) in [6.45, 7) is 9.82. The largest absolute Gasteiger partial charge is 0.461 e. The molecule has 0 spiro atoms. The molecule has 3 rings (SSSR count). The van der Waals surface area contributed by atoms with Gasteiger partial charge in [0, 0.05) is 12.6 Å². The predicted octanol–water partition coefficient (Wildman–Crippen LogP) is 2.57. The molecule has 1 atom stereocenters. The third-order valence-electron chi connectivity index (χ3n) is 5.01. The number of hydrogen-bond acceptors (Lipinski definition) is 5. The zero-order chi connectivity index (χ0) is 17.8. The van der Waals surface area contributed by atoms with Crippen molar-refractivity contribution in [1.29, 1.82) is 0 Å². The van der Waals surface area contributed by atoms with Gasteiger partial charge in [-0.2, -0.15) is 5.10 Å². The summed E-state index contributed by atoms with van der Waals surface area (Å²) in [7, 11) is 0. The fourth-order valence-electron chi connectivity index (χ4n) is 3.40. The third kappa shape index (κ3) is 3.92. The molecule has 7 nitrogen and oxygen atoms in total. The van der Waals surface area contributed by atoms with Crippen LogP contribution in [0.2, 0.25) is 0 Å². The van der Waals surface area contributed by atoms with E-state index in [1.165, 1.54) is 12.8 Å². The first-order valence-corrected chi connectivity index (χ1v) is 9.05. The van der Waals surface area contributed by atoms with Gasteiger partial charge in [-0.3, -0.25) is 10.00 Å². The number of carbonyl (C=O) groups excluding carboxylic acids is 1. The van der Waals surface area contributed by atoms with Gasteiger partial charge in [0.05, 0.1) is 36.6 Å². The molecule has 0 radical (unpaired) electrons. The molecule has 1 saturated heterocycles. The Kier molecular flexibility index (Phi) is 5.53. The summed E-state index contributed by atoms with van der Waals surface area (Å²) in [4.78, 5) is 18.9. The van der Waals surface area contributed by atoms with E-state index in [-0.39, 0.29) is 5.97 Å². The van der Waals surface area contributed by atoms with Crippen molar-refractivity contribution in [2.45, 2.75) is 46.2 Å². The fraction of sp³-hybridized carbons (Fsp3) is 0.611. The first kappa shape index (κ1) is 17.7. The van der Waals surface area contributed by atoms with Crippen LogP contribution in [0.15, 0.2) is 18.7 Å². The molecule has 0 aliphatic carbocycles. The van der Waals surface area contributed by atoms with Crippen LogP contribution in [0.3, 0.4) is 0 Å². The van der Waals surface area contributed by atoms with E-state index in [0.717, 1.165) is 36.8 Å². The van der Waals surface area contributed by atoms with Crippen molar-refractivity contribution >= 4 is 5.97 Å². The molecule has 0 bridgehead atoms. The molecule has 0 unspecified atom stereocenters. The SMILES string of the molecule is CCOC(=O)c1[nH]ncc1-c1cncn1C[C@H](C)N1CCC(C)CC1. The van der Waals surface area contributed by atoms with Gasteiger partial charge >= 0.3 is 5.97 Å². The van der Waals surface area contributed by atoms with E-state index in [1.807, 2.05) is 6.33 Å². The highest BCUT2D eigenvalue weighted by molar-refractivity contribution is 5.94. The Bertz CT molecular complexity index is 700. The average Bonchev–Trinajstić information content (AvgIpc) is 3.24. The summed E-state index contributed by atoms with van der Waals surface area (Å²) >= 11 is 0. The van der Waals surface area contributed by atoms with Gasteiger partial charge in [0.25, 0.3) is 0 Å². The highest BCUT2D eigenvalue weighted by atomic mass is 16.5. The summed E-state index contributed by atoms with van der Waals surface area (Å²) in [5.74, 6) is 0.436. The second kappa shape index (κ2) is 7.82. The molecule has 1 fully saturated rings. The quantitative estimate of drug-likeness (QED) is 0.814. The van der Waals surface area contributed by atoms with Gasteiger partial charge in [0.15, 0.2) is 5.69 Å². The number of H-pyrrole nitrogens is 1. The van der Waals surface area contributed by atoms with Crippen molar-refractivity contribution < 1.29 is 9.53 Å². The molecule has 136 valence electrons. The van der Waals surface area contributed by atoms with Crippen molar-refractivity contribution in [2.75, 3.05) is 19.7 Å². The Morgan fingerprint density at radius 3 is 2.88 bits per heavy atom. The lowest BCUT2D eigenvalue weighted by Gasteiger charge is -2.35. The Morgan fingerprint density at radius 2 is 2.16 bits per heavy atom. The van der Waals surface area contributed by atoms with Gasteiger partial charge in [0.1, 0.15) is 0 Å². The molecule has 0 saturated carbocycles. The number of nitrogens with zero attached hydrogens (tertiary/aromatic N) is 4. The van der Waals surface area contributed by atoms with Crippen LogP contribution in [-0.4, -0.2) is 56.4 Å². The summed E-state index contributed by atoms with van der Waals surface area (Å²) < 4.78 is 7.20. The summed E-state index contributed by atoms with van der Waals surface area (Å²) in [6.07, 6.45) is 7.78. The highest BCUT2D eigenvalue weighted by Gasteiger charge is 2.23. The number of ether oxygens (including phenoxy) is 1. The molecule has 0 aromatic carbocycles. The molecule has 2 aromatic heterocycles. The fourth-order valence-corrected chi connectivity index (χ4v) is 3.40. The van der Waals surface area contributed by atoms with E-state index in [2.05, 4.69) is 38.5 Å². The maximum Gasteiger partial charge on any atom is 0.357 e. The van der Waals surface area contributed by atoms with Crippen molar-refractivity contribution in [3.05, 3.63) is 24.4 Å². The molecular formula is C18H27N5O2. The minimum atomic E-state index is -0.388. The average molecular weight is 345 g/mol. The maximum absolute atomic E-state index is 12.1. The van der Waals surface area contributed by atoms with Gasteiger partial charge in [-0.25, -0.2) is 9.78 Å². The van der Waals surface area contributed by atoms with Crippen LogP contribution >= 0.6 is 0 Å². The smallest absolute Gasteiger partial charge is 0.357 e. The summed E-state index contributed by atoms with van der Waals surface area (Å²) in [5, 5.41) is 6.77. The number of aromatic nitrogens is 4. The third-order valence-corrected chi connectivity index (χ3v) is 5.01. The summed E-state index contributed by atoms with van der Waals surface area (Å²) in [5.41, 5.74) is 1.99. The number of likely N-dealkylation sites (tertiary alicyclic amines) is 1. The van der Waals surface area contributed by atoms with Crippen LogP contribution in [0, 0.1) is 5.92 Å². The second-order valence-corrected chi connectivity index (χ2v) is 6.88. The van der Waals surface area contributed by atoms with Crippen LogP contribution in [0.5, 0.6) is 0 Å². The minimum absolute atomic E-state index is 0.334. The van der Waals surface area contributed by atoms with E-state index in [1.54, 1.807) is 19.3 Å². The Labute approximate surface area is 148 Å². The predicted molar refractivity (Wildman–Crippen MR) is 95.2 cm³/mol. The normalized spacial score (nSPS) is 17.6. The van der Waals surface area contributed by atoms with E-state index in [4.69, 9.17) is 4.74 Å². The molecule has 3 heterocycles. The lowest BCUT2D eigenvalue weighted by molar-refractivity contribution is 0.0520. The molecule has 2 aromatic rings. The lowest BCUT2D eigenvalue weighted by atomic mass is 9.98. The van der Waals surface area contributed by atoms with E-state index in [9.17, 15) is 4.79 Å². The highest BCUT2D eigenvalue weighted by Crippen LogP contribution is 2.24. The number of rotatable bonds is 6. The minimum Gasteiger partial charge on any atom is -0.461 e. The molecule has 1 aliphatic heterocycles. The number of nitrogens with one attached hydrogen (secondary N) is 1. The Balaban J connectivity index is 1.75. The first-order valence-electron chi connectivity index (χ1n) is 9.05. The topological polar surface area (TPSA) is 76.0 Å². The monoisotopic (exact) mass is 345 g/mol. The van der Waals surface area contributed by atoms with E-state index in [0.29, 0.717) is 18.3 Å².